The first-order valence-electron chi connectivity index (χ1n) is 7.97. The molecule has 0 bridgehead atoms. The van der Waals surface area contributed by atoms with Crippen LogP contribution in [0.4, 0.5) is 5.69 Å². The van der Waals surface area contributed by atoms with Crippen molar-refractivity contribution in [3.8, 4) is 0 Å². The second kappa shape index (κ2) is 8.22. The summed E-state index contributed by atoms with van der Waals surface area (Å²) in [5.41, 5.74) is 5.17. The Kier molecular flexibility index (Phi) is 5.56. The predicted molar refractivity (Wildman–Crippen MR) is 105 cm³/mol. The van der Waals surface area contributed by atoms with Gasteiger partial charge in [0, 0.05) is 21.7 Å². The van der Waals surface area contributed by atoms with Gasteiger partial charge in [-0.2, -0.15) is 5.10 Å². The molecule has 0 radical (unpaired) electrons. The highest BCUT2D eigenvalue weighted by molar-refractivity contribution is 7.11. The van der Waals surface area contributed by atoms with E-state index in [-0.39, 0.29) is 11.8 Å². The highest BCUT2D eigenvalue weighted by Gasteiger charge is 2.08. The summed E-state index contributed by atoms with van der Waals surface area (Å²) >= 11 is 1.54. The monoisotopic (exact) mass is 363 g/mol. The van der Waals surface area contributed by atoms with Crippen molar-refractivity contribution in [3.63, 3.8) is 0 Å². The third kappa shape index (κ3) is 4.64. The molecule has 1 heterocycles. The van der Waals surface area contributed by atoms with Crippen LogP contribution in [0.2, 0.25) is 0 Å². The summed E-state index contributed by atoms with van der Waals surface area (Å²) in [6, 6.07) is 17.8. The van der Waals surface area contributed by atoms with Crippen LogP contribution in [0.1, 0.15) is 31.2 Å². The fourth-order valence-electron chi connectivity index (χ4n) is 2.28. The molecule has 5 nitrogen and oxygen atoms in total. The number of nitrogens with zero attached hydrogens (tertiary/aromatic N) is 1. The van der Waals surface area contributed by atoms with Gasteiger partial charge in [-0.15, -0.1) is 11.3 Å². The first kappa shape index (κ1) is 17.6. The molecule has 0 atom stereocenters. The molecule has 130 valence electrons. The number of aryl methyl sites for hydroxylation is 1. The summed E-state index contributed by atoms with van der Waals surface area (Å²) < 4.78 is 0. The zero-order valence-electron chi connectivity index (χ0n) is 14.1. The molecule has 0 aliphatic rings. The first-order valence-corrected chi connectivity index (χ1v) is 8.85. The molecule has 0 spiro atoms. The molecular weight excluding hydrogens is 346 g/mol. The van der Waals surface area contributed by atoms with Crippen LogP contribution in [0.3, 0.4) is 0 Å². The van der Waals surface area contributed by atoms with Gasteiger partial charge in [-0.3, -0.25) is 9.59 Å². The van der Waals surface area contributed by atoms with Crippen molar-refractivity contribution in [1.29, 1.82) is 0 Å². The Labute approximate surface area is 155 Å². The van der Waals surface area contributed by atoms with Gasteiger partial charge in [-0.05, 0) is 54.8 Å². The highest BCUT2D eigenvalue weighted by atomic mass is 32.1. The summed E-state index contributed by atoms with van der Waals surface area (Å²) in [5.74, 6) is -0.499. The average molecular weight is 363 g/mol. The van der Waals surface area contributed by atoms with Crippen molar-refractivity contribution < 1.29 is 9.59 Å². The summed E-state index contributed by atoms with van der Waals surface area (Å²) in [6.07, 6.45) is 1.60. The predicted octanol–water partition coefficient (Wildman–Crippen LogP) is 4.07. The van der Waals surface area contributed by atoms with E-state index in [1.54, 1.807) is 36.5 Å². The van der Waals surface area contributed by atoms with Crippen molar-refractivity contribution >= 4 is 35.1 Å². The lowest BCUT2D eigenvalue weighted by Gasteiger charge is -2.07. The smallest absolute Gasteiger partial charge is 0.271 e. The molecule has 3 rings (SSSR count). The zero-order chi connectivity index (χ0) is 18.4. The second-order valence-electron chi connectivity index (χ2n) is 5.62. The van der Waals surface area contributed by atoms with E-state index < -0.39 is 0 Å². The van der Waals surface area contributed by atoms with Crippen molar-refractivity contribution in [2.24, 2.45) is 5.10 Å². The minimum atomic E-state index is -0.311. The molecule has 0 unspecified atom stereocenters. The molecule has 0 saturated heterocycles. The number of benzene rings is 2. The molecule has 6 heteroatoms. The highest BCUT2D eigenvalue weighted by Crippen LogP contribution is 2.12. The van der Waals surface area contributed by atoms with Gasteiger partial charge in [-0.1, -0.05) is 23.8 Å². The molecule has 0 aliphatic heterocycles. The van der Waals surface area contributed by atoms with E-state index in [0.29, 0.717) is 16.8 Å². The molecule has 1 aromatic heterocycles. The summed E-state index contributed by atoms with van der Waals surface area (Å²) in [7, 11) is 0. The van der Waals surface area contributed by atoms with Gasteiger partial charge in [0.05, 0.1) is 6.21 Å². The van der Waals surface area contributed by atoms with E-state index in [0.717, 1.165) is 10.4 Å². The Morgan fingerprint density at radius 3 is 2.46 bits per heavy atom. The second-order valence-corrected chi connectivity index (χ2v) is 6.59. The Balaban J connectivity index is 1.59. The number of thiophene rings is 1. The number of anilines is 1. The Morgan fingerprint density at radius 1 is 0.962 bits per heavy atom. The lowest BCUT2D eigenvalue weighted by atomic mass is 10.1. The Bertz CT molecular complexity index is 932. The molecule has 2 N–H and O–H groups in total. The van der Waals surface area contributed by atoms with Gasteiger partial charge in [0.25, 0.3) is 11.8 Å². The van der Waals surface area contributed by atoms with Gasteiger partial charge in [0.15, 0.2) is 0 Å². The summed E-state index contributed by atoms with van der Waals surface area (Å²) in [4.78, 5) is 25.2. The number of carbonyl (C=O) groups excluding carboxylic acids is 2. The molecule has 0 saturated carbocycles. The van der Waals surface area contributed by atoms with Crippen LogP contribution in [0.25, 0.3) is 0 Å². The topological polar surface area (TPSA) is 70.6 Å². The number of nitrogens with one attached hydrogen (secondary N) is 2. The quantitative estimate of drug-likeness (QED) is 0.530. The Morgan fingerprint density at radius 2 is 1.77 bits per heavy atom. The number of hydrogen-bond acceptors (Lipinski definition) is 4. The largest absolute Gasteiger partial charge is 0.322 e. The summed E-state index contributed by atoms with van der Waals surface area (Å²) in [5, 5.41) is 8.68. The third-order valence-electron chi connectivity index (χ3n) is 3.59. The molecular formula is C20H17N3O2S. The molecule has 3 aromatic rings. The minimum absolute atomic E-state index is 0.188. The number of hydrogen-bond donors (Lipinski definition) is 2. The van der Waals surface area contributed by atoms with Crippen LogP contribution in [-0.2, 0) is 0 Å². The van der Waals surface area contributed by atoms with Crippen LogP contribution in [0, 0.1) is 6.92 Å². The average Bonchev–Trinajstić information content (AvgIpc) is 3.15. The normalized spacial score (nSPS) is 10.7. The van der Waals surface area contributed by atoms with Crippen LogP contribution in [0.5, 0.6) is 0 Å². The van der Waals surface area contributed by atoms with Gasteiger partial charge in [-0.25, -0.2) is 5.43 Å². The maximum Gasteiger partial charge on any atom is 0.271 e. The van der Waals surface area contributed by atoms with Crippen molar-refractivity contribution in [3.05, 3.63) is 87.6 Å². The standard InChI is InChI=1S/C20H17N3O2S/c1-14-4-2-5-16(12-14)19(24)22-17-9-7-15(8-10-17)20(25)23-21-13-18-6-3-11-26-18/h2-13H,1H3,(H,22,24)(H,23,25). The molecule has 0 fully saturated rings. The summed E-state index contributed by atoms with van der Waals surface area (Å²) in [6.45, 7) is 1.94. The van der Waals surface area contributed by atoms with Crippen molar-refractivity contribution in [2.45, 2.75) is 6.92 Å². The van der Waals surface area contributed by atoms with Gasteiger partial charge < -0.3 is 5.32 Å². The lowest BCUT2D eigenvalue weighted by molar-refractivity contribution is 0.0954. The lowest BCUT2D eigenvalue weighted by Crippen LogP contribution is -2.17. The van der Waals surface area contributed by atoms with E-state index in [1.807, 2.05) is 42.6 Å². The van der Waals surface area contributed by atoms with E-state index in [4.69, 9.17) is 0 Å². The number of hydrazone groups is 1. The van der Waals surface area contributed by atoms with E-state index in [9.17, 15) is 9.59 Å². The number of rotatable bonds is 5. The fraction of sp³-hybridized carbons (Fsp3) is 0.0500. The van der Waals surface area contributed by atoms with Crippen LogP contribution < -0.4 is 10.7 Å². The first-order chi connectivity index (χ1) is 12.6. The van der Waals surface area contributed by atoms with E-state index in [2.05, 4.69) is 15.8 Å². The molecule has 2 aromatic carbocycles. The van der Waals surface area contributed by atoms with Crippen molar-refractivity contribution in [1.82, 2.24) is 5.43 Å². The maximum atomic E-state index is 12.2. The van der Waals surface area contributed by atoms with E-state index in [1.165, 1.54) is 11.3 Å². The molecule has 0 aliphatic carbocycles. The van der Waals surface area contributed by atoms with Gasteiger partial charge in [0.2, 0.25) is 0 Å². The third-order valence-corrected chi connectivity index (χ3v) is 4.39. The minimum Gasteiger partial charge on any atom is -0.322 e. The number of amides is 2. The zero-order valence-corrected chi connectivity index (χ0v) is 14.9. The van der Waals surface area contributed by atoms with E-state index >= 15 is 0 Å². The van der Waals surface area contributed by atoms with Gasteiger partial charge in [0.1, 0.15) is 0 Å². The van der Waals surface area contributed by atoms with Crippen LogP contribution in [0.15, 0.2) is 71.1 Å². The van der Waals surface area contributed by atoms with Crippen LogP contribution in [-0.4, -0.2) is 18.0 Å². The van der Waals surface area contributed by atoms with Crippen LogP contribution >= 0.6 is 11.3 Å². The fourth-order valence-corrected chi connectivity index (χ4v) is 2.86. The maximum absolute atomic E-state index is 12.2. The molecule has 2 amide bonds. The Hall–Kier alpha value is -3.25. The molecule has 26 heavy (non-hydrogen) atoms. The van der Waals surface area contributed by atoms with Crippen molar-refractivity contribution in [2.75, 3.05) is 5.32 Å². The van der Waals surface area contributed by atoms with Gasteiger partial charge >= 0.3 is 0 Å². The number of carbonyl (C=O) groups is 2. The SMILES string of the molecule is Cc1cccc(C(=O)Nc2ccc(C(=O)NN=Cc3cccs3)cc2)c1.